The molecule has 1 aliphatic rings. The van der Waals surface area contributed by atoms with Gasteiger partial charge in [-0.3, -0.25) is 4.79 Å². The van der Waals surface area contributed by atoms with Gasteiger partial charge in [0.15, 0.2) is 5.78 Å². The van der Waals surface area contributed by atoms with Crippen molar-refractivity contribution >= 4 is 11.5 Å². The third kappa shape index (κ3) is 3.18. The van der Waals surface area contributed by atoms with Crippen molar-refractivity contribution in [3.8, 4) is 0 Å². The fraction of sp³-hybridized carbons (Fsp3) is 0.412. The van der Waals surface area contributed by atoms with Crippen LogP contribution in [0.2, 0.25) is 0 Å². The number of halogens is 1. The monoisotopic (exact) mass is 304 g/mol. The van der Waals surface area contributed by atoms with E-state index in [2.05, 4.69) is 5.16 Å². The second-order valence-corrected chi connectivity index (χ2v) is 5.80. The summed E-state index contributed by atoms with van der Waals surface area (Å²) in [6.07, 6.45) is 1.31. The number of oxime groups is 1. The van der Waals surface area contributed by atoms with Crippen LogP contribution in [0, 0.1) is 5.82 Å². The molecule has 0 aromatic heterocycles. The molecule has 0 saturated heterocycles. The number of ketones is 1. The van der Waals surface area contributed by atoms with E-state index in [1.165, 1.54) is 18.2 Å². The average molecular weight is 304 g/mol. The molecule has 0 amide bonds. The Bertz CT molecular complexity index is 650. The first-order valence-corrected chi connectivity index (χ1v) is 7.21. The Labute approximate surface area is 130 Å². The number of rotatable bonds is 4. The minimum absolute atomic E-state index is 0.0716. The van der Waals surface area contributed by atoms with Crippen LogP contribution in [0.4, 0.5) is 4.39 Å². The van der Waals surface area contributed by atoms with Crippen molar-refractivity contribution < 1.29 is 14.0 Å². The van der Waals surface area contributed by atoms with E-state index < -0.39 is 5.82 Å². The predicted octanol–water partition coefficient (Wildman–Crippen LogP) is 3.35. The van der Waals surface area contributed by atoms with Gasteiger partial charge < -0.3 is 9.74 Å². The molecule has 5 heteroatoms. The lowest BCUT2D eigenvalue weighted by Crippen LogP contribution is -2.17. The van der Waals surface area contributed by atoms with Crippen LogP contribution >= 0.6 is 0 Å². The number of hydrogen-bond acceptors (Lipinski definition) is 4. The molecule has 0 saturated carbocycles. The molecule has 0 N–H and O–H groups in total. The van der Waals surface area contributed by atoms with E-state index in [1.807, 2.05) is 39.8 Å². The van der Waals surface area contributed by atoms with Crippen LogP contribution in [0.25, 0.3) is 0 Å². The van der Waals surface area contributed by atoms with Gasteiger partial charge in [-0.25, -0.2) is 4.39 Å². The largest absolute Gasteiger partial charge is 0.392 e. The Kier molecular flexibility index (Phi) is 4.64. The summed E-state index contributed by atoms with van der Waals surface area (Å²) < 4.78 is 14.3. The van der Waals surface area contributed by atoms with Gasteiger partial charge in [-0.15, -0.1) is 0 Å². The molecule has 1 aliphatic heterocycles. The molecule has 2 atom stereocenters. The van der Waals surface area contributed by atoms with E-state index in [4.69, 9.17) is 4.84 Å². The van der Waals surface area contributed by atoms with Crippen LogP contribution in [0.3, 0.4) is 0 Å². The van der Waals surface area contributed by atoms with E-state index in [1.54, 1.807) is 6.07 Å². The molecule has 118 valence electrons. The van der Waals surface area contributed by atoms with Crippen LogP contribution in [0.5, 0.6) is 0 Å². The fourth-order valence-electron chi connectivity index (χ4n) is 2.46. The number of hydrogen-bond donors (Lipinski definition) is 0. The third-order valence-corrected chi connectivity index (χ3v) is 3.95. The standard InChI is InChI=1S/C17H21FN2O2/c1-10(20(4)5)8-16(21)14-7-6-13(9-15(14)18)17-11(2)19-22-12(17)3/h6-9,12,17H,1-5H3/b10-8+. The number of allylic oxidation sites excluding steroid dienone is 2. The number of benzene rings is 1. The minimum atomic E-state index is -0.516. The van der Waals surface area contributed by atoms with Crippen molar-refractivity contribution in [1.82, 2.24) is 4.90 Å². The maximum atomic E-state index is 14.3. The third-order valence-electron chi connectivity index (χ3n) is 3.95. The molecular weight excluding hydrogens is 283 g/mol. The maximum absolute atomic E-state index is 14.3. The van der Waals surface area contributed by atoms with Gasteiger partial charge >= 0.3 is 0 Å². The molecule has 22 heavy (non-hydrogen) atoms. The molecule has 0 radical (unpaired) electrons. The van der Waals surface area contributed by atoms with E-state index >= 15 is 0 Å². The van der Waals surface area contributed by atoms with Crippen molar-refractivity contribution in [1.29, 1.82) is 0 Å². The van der Waals surface area contributed by atoms with E-state index in [0.29, 0.717) is 0 Å². The highest BCUT2D eigenvalue weighted by atomic mass is 19.1. The molecule has 0 bridgehead atoms. The van der Waals surface area contributed by atoms with Crippen molar-refractivity contribution in [3.05, 3.63) is 46.9 Å². The summed E-state index contributed by atoms with van der Waals surface area (Å²) in [5.41, 5.74) is 2.43. The van der Waals surface area contributed by atoms with Gasteiger partial charge in [-0.2, -0.15) is 0 Å². The zero-order valence-electron chi connectivity index (χ0n) is 13.6. The number of carbonyl (C=O) groups is 1. The minimum Gasteiger partial charge on any atom is -0.392 e. The summed E-state index contributed by atoms with van der Waals surface area (Å²) in [6, 6.07) is 4.70. The second kappa shape index (κ2) is 6.30. The first kappa shape index (κ1) is 16.2. The van der Waals surface area contributed by atoms with Crippen molar-refractivity contribution in [2.75, 3.05) is 14.1 Å². The maximum Gasteiger partial charge on any atom is 0.190 e. The number of carbonyl (C=O) groups excluding carboxylic acids is 1. The van der Waals surface area contributed by atoms with Crippen molar-refractivity contribution in [2.24, 2.45) is 5.16 Å². The molecule has 4 nitrogen and oxygen atoms in total. The molecular formula is C17H21FN2O2. The molecule has 0 fully saturated rings. The lowest BCUT2D eigenvalue weighted by molar-refractivity contribution is 0.0904. The van der Waals surface area contributed by atoms with E-state index in [0.717, 1.165) is 17.0 Å². The summed E-state index contributed by atoms with van der Waals surface area (Å²) in [4.78, 5) is 19.2. The summed E-state index contributed by atoms with van der Waals surface area (Å²) in [5.74, 6) is -0.925. The Balaban J connectivity index is 2.29. The Hall–Kier alpha value is -2.17. The fourth-order valence-corrected chi connectivity index (χ4v) is 2.46. The average Bonchev–Trinajstić information content (AvgIpc) is 2.77. The smallest absolute Gasteiger partial charge is 0.190 e. The summed E-state index contributed by atoms with van der Waals surface area (Å²) in [5, 5.41) is 3.93. The highest BCUT2D eigenvalue weighted by Gasteiger charge is 2.30. The van der Waals surface area contributed by atoms with Crippen LogP contribution in [-0.4, -0.2) is 36.6 Å². The van der Waals surface area contributed by atoms with Crippen LogP contribution in [0.1, 0.15) is 42.6 Å². The SMILES string of the molecule is CC1=NOC(C)C1c1ccc(C(=O)/C=C(\C)N(C)C)c(F)c1. The summed E-state index contributed by atoms with van der Waals surface area (Å²) in [6.45, 7) is 5.56. The van der Waals surface area contributed by atoms with Gasteiger partial charge in [0.1, 0.15) is 11.9 Å². The molecule has 1 aromatic carbocycles. The van der Waals surface area contributed by atoms with Gasteiger partial charge in [0.05, 0.1) is 17.2 Å². The molecule has 0 aliphatic carbocycles. The number of nitrogens with zero attached hydrogens (tertiary/aromatic N) is 2. The predicted molar refractivity (Wildman–Crippen MR) is 84.6 cm³/mol. The lowest BCUT2D eigenvalue weighted by atomic mass is 9.90. The molecule has 1 heterocycles. The highest BCUT2D eigenvalue weighted by molar-refractivity contribution is 6.05. The van der Waals surface area contributed by atoms with Gasteiger partial charge in [-0.1, -0.05) is 11.2 Å². The molecule has 2 unspecified atom stereocenters. The summed E-state index contributed by atoms with van der Waals surface area (Å²) in [7, 11) is 3.67. The van der Waals surface area contributed by atoms with Gasteiger partial charge in [0, 0.05) is 25.9 Å². The zero-order valence-corrected chi connectivity index (χ0v) is 13.6. The van der Waals surface area contributed by atoms with E-state index in [-0.39, 0.29) is 23.4 Å². The van der Waals surface area contributed by atoms with Gasteiger partial charge in [0.25, 0.3) is 0 Å². The second-order valence-electron chi connectivity index (χ2n) is 5.80. The molecule has 1 aromatic rings. The normalized spacial score (nSPS) is 21.4. The van der Waals surface area contributed by atoms with Gasteiger partial charge in [0.2, 0.25) is 0 Å². The zero-order chi connectivity index (χ0) is 16.4. The van der Waals surface area contributed by atoms with Crippen molar-refractivity contribution in [3.63, 3.8) is 0 Å². The highest BCUT2D eigenvalue weighted by Crippen LogP contribution is 2.30. The Morgan fingerprint density at radius 1 is 1.41 bits per heavy atom. The lowest BCUT2D eigenvalue weighted by Gasteiger charge is -2.15. The van der Waals surface area contributed by atoms with Crippen LogP contribution in [0.15, 0.2) is 35.1 Å². The first-order valence-electron chi connectivity index (χ1n) is 7.21. The molecule has 0 spiro atoms. The van der Waals surface area contributed by atoms with Crippen LogP contribution in [-0.2, 0) is 4.84 Å². The molecule has 2 rings (SSSR count). The summed E-state index contributed by atoms with van der Waals surface area (Å²) >= 11 is 0. The Morgan fingerprint density at radius 3 is 2.59 bits per heavy atom. The Morgan fingerprint density at radius 2 is 2.09 bits per heavy atom. The van der Waals surface area contributed by atoms with Crippen LogP contribution < -0.4 is 0 Å². The van der Waals surface area contributed by atoms with Gasteiger partial charge in [-0.05, 0) is 38.5 Å². The van der Waals surface area contributed by atoms with Crippen molar-refractivity contribution in [2.45, 2.75) is 32.8 Å². The first-order chi connectivity index (χ1) is 10.3. The topological polar surface area (TPSA) is 41.9 Å². The quantitative estimate of drug-likeness (QED) is 0.633. The van der Waals surface area contributed by atoms with E-state index in [9.17, 15) is 9.18 Å².